The molecular weight excluding hydrogens is 328 g/mol. The van der Waals surface area contributed by atoms with E-state index in [4.69, 9.17) is 9.47 Å². The van der Waals surface area contributed by atoms with Crippen LogP contribution in [-0.4, -0.2) is 35.5 Å². The van der Waals surface area contributed by atoms with Crippen molar-refractivity contribution in [2.75, 3.05) is 0 Å². The lowest BCUT2D eigenvalue weighted by molar-refractivity contribution is -0.149. The summed E-state index contributed by atoms with van der Waals surface area (Å²) in [7, 11) is 0. The van der Waals surface area contributed by atoms with Crippen molar-refractivity contribution < 1.29 is 19.4 Å². The fourth-order valence-corrected chi connectivity index (χ4v) is 7.48. The van der Waals surface area contributed by atoms with Gasteiger partial charge in [0.15, 0.2) is 0 Å². The molecule has 1 N–H and O–H groups in total. The highest BCUT2D eigenvalue weighted by Crippen LogP contribution is 2.66. The zero-order valence-corrected chi connectivity index (χ0v) is 16.2. The van der Waals surface area contributed by atoms with E-state index in [1.54, 1.807) is 0 Å². The number of fused-ring (bicyclic) bond motifs is 7. The van der Waals surface area contributed by atoms with Crippen LogP contribution in [0.2, 0.25) is 0 Å². The molecule has 3 saturated carbocycles. The molecule has 1 heterocycles. The standard InChI is InChI=1S/C22H32O4/c1-12(23)25-14-6-8-21(2)13(10-14)11-17(24)19-15-4-5-18-20(26-18)22(15,3)9-7-16(19)21/h11,14-20,24H,4-10H2,1-3H3/t14-,15?,16?,17?,18?,19?,20?,21-,22-/m0/s1. The van der Waals surface area contributed by atoms with E-state index in [-0.39, 0.29) is 29.0 Å². The number of aliphatic hydroxyl groups excluding tert-OH is 1. The number of aliphatic hydroxyl groups is 1. The Kier molecular flexibility index (Phi) is 3.70. The molecule has 6 unspecified atom stereocenters. The number of hydrogen-bond acceptors (Lipinski definition) is 4. The van der Waals surface area contributed by atoms with Crippen LogP contribution in [0.25, 0.3) is 0 Å². The summed E-state index contributed by atoms with van der Waals surface area (Å²) in [6, 6.07) is 0. The average molecular weight is 360 g/mol. The first-order valence-electron chi connectivity index (χ1n) is 10.5. The molecule has 0 aromatic carbocycles. The van der Waals surface area contributed by atoms with E-state index < -0.39 is 0 Å². The van der Waals surface area contributed by atoms with Crippen LogP contribution in [0.3, 0.4) is 0 Å². The predicted molar refractivity (Wildman–Crippen MR) is 97.3 cm³/mol. The Balaban J connectivity index is 1.45. The van der Waals surface area contributed by atoms with Gasteiger partial charge >= 0.3 is 5.97 Å². The van der Waals surface area contributed by atoms with Crippen molar-refractivity contribution in [2.45, 2.75) is 90.1 Å². The lowest BCUT2D eigenvalue weighted by atomic mass is 9.45. The second kappa shape index (κ2) is 5.57. The van der Waals surface area contributed by atoms with Crippen LogP contribution in [0.5, 0.6) is 0 Å². The smallest absolute Gasteiger partial charge is 0.302 e. The third-order valence-corrected chi connectivity index (χ3v) is 8.85. The molecule has 1 saturated heterocycles. The van der Waals surface area contributed by atoms with E-state index >= 15 is 0 Å². The zero-order valence-electron chi connectivity index (χ0n) is 16.2. The minimum Gasteiger partial charge on any atom is -0.462 e. The van der Waals surface area contributed by atoms with Gasteiger partial charge in [-0.2, -0.15) is 0 Å². The van der Waals surface area contributed by atoms with Crippen LogP contribution in [0.1, 0.15) is 65.7 Å². The summed E-state index contributed by atoms with van der Waals surface area (Å²) in [5, 5.41) is 11.2. The fraction of sp³-hybridized carbons (Fsp3) is 0.864. The Morgan fingerprint density at radius 1 is 1.19 bits per heavy atom. The lowest BCUT2D eigenvalue weighted by Crippen LogP contribution is -2.57. The van der Waals surface area contributed by atoms with Crippen molar-refractivity contribution in [1.82, 2.24) is 0 Å². The molecule has 0 amide bonds. The van der Waals surface area contributed by atoms with E-state index in [1.165, 1.54) is 38.2 Å². The number of epoxide rings is 1. The van der Waals surface area contributed by atoms with Crippen molar-refractivity contribution in [3.8, 4) is 0 Å². The zero-order chi connectivity index (χ0) is 18.3. The van der Waals surface area contributed by atoms with Crippen LogP contribution >= 0.6 is 0 Å². The predicted octanol–water partition coefficient (Wildman–Crippen LogP) is 3.62. The molecule has 4 heteroatoms. The van der Waals surface area contributed by atoms with Gasteiger partial charge in [0.25, 0.3) is 0 Å². The van der Waals surface area contributed by atoms with Gasteiger partial charge in [0.2, 0.25) is 0 Å². The van der Waals surface area contributed by atoms with Crippen LogP contribution in [0, 0.1) is 28.6 Å². The van der Waals surface area contributed by atoms with Crippen LogP contribution < -0.4 is 0 Å². The SMILES string of the molecule is CC(=O)O[C@H]1CC[C@@]2(C)C(=CC(O)C3C4CCC5OC5[C@@]4(C)CCC32)C1. The minimum absolute atomic E-state index is 0.0141. The topological polar surface area (TPSA) is 59.1 Å². The Hall–Kier alpha value is -0.870. The molecule has 4 fully saturated rings. The molecule has 0 aromatic heterocycles. The number of carbonyl (C=O) groups is 1. The molecule has 26 heavy (non-hydrogen) atoms. The van der Waals surface area contributed by atoms with Gasteiger partial charge in [-0.1, -0.05) is 25.5 Å². The largest absolute Gasteiger partial charge is 0.462 e. The van der Waals surface area contributed by atoms with Crippen molar-refractivity contribution >= 4 is 5.97 Å². The van der Waals surface area contributed by atoms with E-state index in [2.05, 4.69) is 19.9 Å². The molecular formula is C22H32O4. The highest BCUT2D eigenvalue weighted by Gasteiger charge is 2.65. The highest BCUT2D eigenvalue weighted by molar-refractivity contribution is 5.66. The molecule has 0 radical (unpaired) electrons. The summed E-state index contributed by atoms with van der Waals surface area (Å²) >= 11 is 0. The summed E-state index contributed by atoms with van der Waals surface area (Å²) in [6.45, 7) is 6.32. The Morgan fingerprint density at radius 3 is 2.77 bits per heavy atom. The van der Waals surface area contributed by atoms with Gasteiger partial charge in [0, 0.05) is 13.3 Å². The number of rotatable bonds is 1. The number of carbonyl (C=O) groups excluding carboxylic acids is 1. The normalized spacial score (nSPS) is 54.8. The highest BCUT2D eigenvalue weighted by atomic mass is 16.6. The quantitative estimate of drug-likeness (QED) is 0.441. The summed E-state index contributed by atoms with van der Waals surface area (Å²) in [6.07, 6.45) is 10.3. The maximum atomic E-state index is 11.4. The molecule has 1 aliphatic heterocycles. The second-order valence-corrected chi connectivity index (χ2v) is 10.1. The van der Waals surface area contributed by atoms with Crippen molar-refractivity contribution in [2.24, 2.45) is 28.6 Å². The van der Waals surface area contributed by atoms with Gasteiger partial charge in [0.05, 0.1) is 18.3 Å². The number of ether oxygens (including phenoxy) is 2. The Labute approximate surface area is 156 Å². The maximum absolute atomic E-state index is 11.4. The van der Waals surface area contributed by atoms with Gasteiger partial charge in [0.1, 0.15) is 6.10 Å². The van der Waals surface area contributed by atoms with E-state index in [0.717, 1.165) is 19.3 Å². The maximum Gasteiger partial charge on any atom is 0.302 e. The molecule has 4 nitrogen and oxygen atoms in total. The molecule has 5 aliphatic rings. The number of esters is 1. The van der Waals surface area contributed by atoms with E-state index in [1.807, 2.05) is 0 Å². The summed E-state index contributed by atoms with van der Waals surface area (Å²) in [4.78, 5) is 11.4. The van der Waals surface area contributed by atoms with E-state index in [0.29, 0.717) is 30.0 Å². The summed E-state index contributed by atoms with van der Waals surface area (Å²) < 4.78 is 11.5. The van der Waals surface area contributed by atoms with Crippen molar-refractivity contribution in [3.63, 3.8) is 0 Å². The average Bonchev–Trinajstić information content (AvgIpc) is 3.36. The fourth-order valence-electron chi connectivity index (χ4n) is 7.48. The number of hydrogen-bond donors (Lipinski definition) is 1. The molecule has 144 valence electrons. The van der Waals surface area contributed by atoms with Gasteiger partial charge < -0.3 is 14.6 Å². The molecule has 5 rings (SSSR count). The summed E-state index contributed by atoms with van der Waals surface area (Å²) in [5.74, 6) is 1.28. The van der Waals surface area contributed by atoms with Crippen molar-refractivity contribution in [1.29, 1.82) is 0 Å². The molecule has 4 aliphatic carbocycles. The van der Waals surface area contributed by atoms with Crippen LogP contribution in [-0.2, 0) is 14.3 Å². The van der Waals surface area contributed by atoms with Gasteiger partial charge in [-0.25, -0.2) is 0 Å². The third-order valence-electron chi connectivity index (χ3n) is 8.85. The molecule has 0 aromatic rings. The first kappa shape index (κ1) is 17.2. The minimum atomic E-state index is -0.362. The Bertz CT molecular complexity index is 657. The lowest BCUT2D eigenvalue weighted by Gasteiger charge is -2.60. The second-order valence-electron chi connectivity index (χ2n) is 10.1. The Morgan fingerprint density at radius 2 is 2.00 bits per heavy atom. The first-order chi connectivity index (χ1) is 12.3. The first-order valence-corrected chi connectivity index (χ1v) is 10.5. The van der Waals surface area contributed by atoms with Crippen LogP contribution in [0.15, 0.2) is 11.6 Å². The molecule has 0 bridgehead atoms. The molecule has 0 spiro atoms. The van der Waals surface area contributed by atoms with Crippen molar-refractivity contribution in [3.05, 3.63) is 11.6 Å². The van der Waals surface area contributed by atoms with E-state index in [9.17, 15) is 9.90 Å². The van der Waals surface area contributed by atoms with Gasteiger partial charge in [-0.3, -0.25) is 4.79 Å². The van der Waals surface area contributed by atoms with Gasteiger partial charge in [-0.15, -0.1) is 0 Å². The van der Waals surface area contributed by atoms with Gasteiger partial charge in [-0.05, 0) is 67.1 Å². The summed E-state index contributed by atoms with van der Waals surface area (Å²) in [5.41, 5.74) is 1.74. The third kappa shape index (κ3) is 2.30. The van der Waals surface area contributed by atoms with Crippen LogP contribution in [0.4, 0.5) is 0 Å². The monoisotopic (exact) mass is 360 g/mol. The molecule has 9 atom stereocenters.